The Morgan fingerprint density at radius 3 is 2.42 bits per heavy atom. The van der Waals surface area contributed by atoms with Gasteiger partial charge in [-0.2, -0.15) is 14.3 Å². The van der Waals surface area contributed by atoms with E-state index in [1.165, 1.54) is 11.7 Å². The molecule has 216 valence electrons. The first-order valence-corrected chi connectivity index (χ1v) is 13.6. The molecule has 3 aromatic rings. The largest absolute Gasteiger partial charge is 0.488 e. The third kappa shape index (κ3) is 5.80. The first-order valence-electron chi connectivity index (χ1n) is 13.6. The van der Waals surface area contributed by atoms with Crippen LogP contribution >= 0.6 is 0 Å². The van der Waals surface area contributed by atoms with E-state index in [0.717, 1.165) is 36.6 Å². The monoisotopic (exact) mass is 555 g/mol. The van der Waals surface area contributed by atoms with E-state index in [0.29, 0.717) is 30.3 Å². The maximum Gasteiger partial charge on any atom is 0.368 e. The molecule has 1 aromatic carbocycles. The fraction of sp³-hybridized carbons (Fsp3) is 0.593. The van der Waals surface area contributed by atoms with E-state index in [2.05, 4.69) is 70.7 Å². The predicted octanol–water partition coefficient (Wildman–Crippen LogP) is 3.26. The number of nitrogens with one attached hydrogen (secondary N) is 2. The number of aromatic nitrogens is 6. The highest BCUT2D eigenvalue weighted by Crippen LogP contribution is 2.38. The van der Waals surface area contributed by atoms with Crippen molar-refractivity contribution in [1.82, 2.24) is 34.7 Å². The molecule has 0 unspecified atom stereocenters. The van der Waals surface area contributed by atoms with Crippen LogP contribution in [0.4, 0.5) is 21.8 Å². The number of benzene rings is 1. The lowest BCUT2D eigenvalue weighted by Crippen LogP contribution is -2.61. The van der Waals surface area contributed by atoms with E-state index in [9.17, 15) is 9.18 Å². The van der Waals surface area contributed by atoms with Gasteiger partial charge in [-0.1, -0.05) is 0 Å². The van der Waals surface area contributed by atoms with Gasteiger partial charge >= 0.3 is 5.69 Å². The van der Waals surface area contributed by atoms with Gasteiger partial charge in [0.1, 0.15) is 17.5 Å². The third-order valence-corrected chi connectivity index (χ3v) is 8.02. The van der Waals surface area contributed by atoms with E-state index in [-0.39, 0.29) is 35.0 Å². The van der Waals surface area contributed by atoms with Crippen molar-refractivity contribution in [2.45, 2.75) is 76.6 Å². The lowest BCUT2D eigenvalue weighted by atomic mass is 9.77. The summed E-state index contributed by atoms with van der Waals surface area (Å²) < 4.78 is 28.8. The van der Waals surface area contributed by atoms with Gasteiger partial charge in [0.05, 0.1) is 19.4 Å². The molecular formula is C27H38FN9O3. The molecule has 0 amide bonds. The first kappa shape index (κ1) is 28.0. The molecule has 12 nitrogen and oxygen atoms in total. The van der Waals surface area contributed by atoms with Gasteiger partial charge in [-0.05, 0) is 76.2 Å². The summed E-state index contributed by atoms with van der Waals surface area (Å²) in [6.07, 6.45) is 4.29. The number of aryl methyl sites for hydroxylation is 1. The van der Waals surface area contributed by atoms with Crippen molar-refractivity contribution >= 4 is 17.5 Å². The van der Waals surface area contributed by atoms with Crippen LogP contribution in [0.2, 0.25) is 0 Å². The molecule has 0 bridgehead atoms. The van der Waals surface area contributed by atoms with Crippen molar-refractivity contribution in [3.63, 3.8) is 0 Å². The number of tetrazole rings is 1. The van der Waals surface area contributed by atoms with Crippen LogP contribution < -0.4 is 21.1 Å². The number of hydrogen-bond donors (Lipinski definition) is 2. The molecule has 13 heteroatoms. The van der Waals surface area contributed by atoms with Gasteiger partial charge in [0.2, 0.25) is 5.95 Å². The highest BCUT2D eigenvalue weighted by atomic mass is 19.1. The van der Waals surface area contributed by atoms with E-state index >= 15 is 0 Å². The minimum Gasteiger partial charge on any atom is -0.488 e. The Kier molecular flexibility index (Phi) is 7.53. The number of nitrogens with zero attached hydrogens (tertiary/aromatic N) is 7. The molecular weight excluding hydrogens is 517 g/mol. The Morgan fingerprint density at radius 2 is 1.77 bits per heavy atom. The number of hydrogen-bond acceptors (Lipinski definition) is 10. The summed E-state index contributed by atoms with van der Waals surface area (Å²) in [6, 6.07) is 5.31. The number of halogens is 1. The van der Waals surface area contributed by atoms with Crippen molar-refractivity contribution < 1.29 is 13.9 Å². The molecule has 2 aliphatic rings. The van der Waals surface area contributed by atoms with Gasteiger partial charge < -0.3 is 20.1 Å². The molecule has 2 aliphatic heterocycles. The topological polar surface area (TPSA) is 124 Å². The van der Waals surface area contributed by atoms with Crippen molar-refractivity contribution in [3.05, 3.63) is 40.7 Å². The summed E-state index contributed by atoms with van der Waals surface area (Å²) in [5, 5.41) is 14.3. The maximum atomic E-state index is 14.8. The lowest BCUT2D eigenvalue weighted by molar-refractivity contribution is -0.00778. The van der Waals surface area contributed by atoms with Crippen molar-refractivity contribution in [2.75, 3.05) is 30.9 Å². The molecule has 2 aromatic heterocycles. The second-order valence-corrected chi connectivity index (χ2v) is 11.9. The van der Waals surface area contributed by atoms with Crippen molar-refractivity contribution in [2.24, 2.45) is 7.05 Å². The fourth-order valence-electron chi connectivity index (χ4n) is 5.62. The minimum atomic E-state index is -0.521. The number of rotatable bonds is 7. The average molecular weight is 556 g/mol. The van der Waals surface area contributed by atoms with Crippen LogP contribution in [0.1, 0.15) is 53.4 Å². The second-order valence-electron chi connectivity index (χ2n) is 11.9. The highest BCUT2D eigenvalue weighted by molar-refractivity contribution is 5.62. The first-order chi connectivity index (χ1) is 18.9. The minimum absolute atomic E-state index is 0.0372. The number of piperidine rings is 1. The van der Waals surface area contributed by atoms with E-state index in [4.69, 9.17) is 9.47 Å². The van der Waals surface area contributed by atoms with Gasteiger partial charge in [-0.3, -0.25) is 4.90 Å². The van der Waals surface area contributed by atoms with E-state index in [1.807, 2.05) is 0 Å². The number of anilines is 3. The van der Waals surface area contributed by atoms with Gasteiger partial charge in [-0.15, -0.1) is 0 Å². The van der Waals surface area contributed by atoms with Crippen LogP contribution in [0.3, 0.4) is 0 Å². The van der Waals surface area contributed by atoms with E-state index < -0.39 is 11.5 Å². The molecule has 2 N–H and O–H groups in total. The average Bonchev–Trinajstić information content (AvgIpc) is 3.23. The Bertz CT molecular complexity index is 1400. The summed E-state index contributed by atoms with van der Waals surface area (Å²) in [6.45, 7) is 10.0. The van der Waals surface area contributed by atoms with Crippen molar-refractivity contribution in [3.8, 4) is 11.4 Å². The molecule has 2 saturated heterocycles. The molecule has 40 heavy (non-hydrogen) atoms. The Hall–Kier alpha value is -3.58. The van der Waals surface area contributed by atoms with Gasteiger partial charge in [-0.25, -0.2) is 14.2 Å². The van der Waals surface area contributed by atoms with Gasteiger partial charge in [0, 0.05) is 42.7 Å². The van der Waals surface area contributed by atoms with Crippen LogP contribution in [0, 0.1) is 5.82 Å². The van der Waals surface area contributed by atoms with Crippen LogP contribution in [0.25, 0.3) is 5.69 Å². The maximum absolute atomic E-state index is 14.8. The zero-order chi connectivity index (χ0) is 28.7. The SMILES string of the molecule is CN1C(C)(C)CC(Nc2nc(Nc3ccc(OC4CCOCC4)c(-n4nnn(C)c4=O)c3)ncc2F)CC1(C)C. The van der Waals surface area contributed by atoms with Crippen LogP contribution in [-0.2, 0) is 11.8 Å². The van der Waals surface area contributed by atoms with Crippen LogP contribution in [-0.4, -0.2) is 78.1 Å². The van der Waals surface area contributed by atoms with Crippen LogP contribution in [0.15, 0.2) is 29.2 Å². The standard InChI is InChI=1S/C27H38FN9O3/c1-26(2)14-18(15-27(3,4)36(26)6)30-23-20(28)16-29-24(32-23)31-17-7-8-22(40-19-9-11-39-12-10-19)21(13-17)37-25(38)35(5)33-34-37/h7-8,13,16,18-19H,9-12,14-15H2,1-6H3,(H2,29,30,31,32). The Balaban J connectivity index is 1.39. The van der Waals surface area contributed by atoms with Gasteiger partial charge in [0.25, 0.3) is 0 Å². The molecule has 0 spiro atoms. The summed E-state index contributed by atoms with van der Waals surface area (Å²) in [4.78, 5) is 23.7. The summed E-state index contributed by atoms with van der Waals surface area (Å²) in [5.41, 5.74) is 0.458. The Labute approximate surface area is 232 Å². The predicted molar refractivity (Wildman–Crippen MR) is 149 cm³/mol. The molecule has 2 fully saturated rings. The zero-order valence-electron chi connectivity index (χ0n) is 23.9. The zero-order valence-corrected chi connectivity index (χ0v) is 23.9. The lowest BCUT2D eigenvalue weighted by Gasteiger charge is -2.53. The molecule has 5 rings (SSSR count). The van der Waals surface area contributed by atoms with Crippen molar-refractivity contribution in [1.29, 1.82) is 0 Å². The number of ether oxygens (including phenoxy) is 2. The normalized spacial score (nSPS) is 19.9. The third-order valence-electron chi connectivity index (χ3n) is 8.02. The molecule has 0 radical (unpaired) electrons. The van der Waals surface area contributed by atoms with Crippen LogP contribution in [0.5, 0.6) is 5.75 Å². The molecule has 4 heterocycles. The molecule has 0 atom stereocenters. The summed E-state index contributed by atoms with van der Waals surface area (Å²) in [5.74, 6) is 0.330. The van der Waals surface area contributed by atoms with E-state index in [1.54, 1.807) is 18.2 Å². The smallest absolute Gasteiger partial charge is 0.368 e. The second kappa shape index (κ2) is 10.8. The fourth-order valence-corrected chi connectivity index (χ4v) is 5.62. The highest BCUT2D eigenvalue weighted by Gasteiger charge is 2.43. The number of likely N-dealkylation sites (tertiary alicyclic amines) is 1. The quantitative estimate of drug-likeness (QED) is 0.449. The summed E-state index contributed by atoms with van der Waals surface area (Å²) >= 11 is 0. The summed E-state index contributed by atoms with van der Waals surface area (Å²) in [7, 11) is 3.66. The molecule has 0 saturated carbocycles. The van der Waals surface area contributed by atoms with Gasteiger partial charge in [0.15, 0.2) is 11.6 Å². The molecule has 0 aliphatic carbocycles. The Morgan fingerprint density at radius 1 is 1.07 bits per heavy atom.